The first-order valence-corrected chi connectivity index (χ1v) is 12.3. The fraction of sp³-hybridized carbons (Fsp3) is 0.467. The lowest BCUT2D eigenvalue weighted by atomic mass is 9.81. The van der Waals surface area contributed by atoms with Crippen LogP contribution in [0.3, 0.4) is 0 Å². The molecule has 200 valence electrons. The van der Waals surface area contributed by atoms with E-state index in [0.29, 0.717) is 0 Å². The molecule has 0 spiro atoms. The molecule has 0 saturated heterocycles. The highest BCUT2D eigenvalue weighted by atomic mass is 16.6. The van der Waals surface area contributed by atoms with Gasteiger partial charge in [0.1, 0.15) is 0 Å². The molecule has 0 aromatic heterocycles. The molecule has 0 atom stereocenters. The number of carbonyl (C=O) groups excluding carboxylic acids is 4. The largest absolute Gasteiger partial charge is 0.465 e. The van der Waals surface area contributed by atoms with Gasteiger partial charge in [0.15, 0.2) is 10.8 Å². The van der Waals surface area contributed by atoms with E-state index >= 15 is 0 Å². The van der Waals surface area contributed by atoms with Gasteiger partial charge in [0.05, 0.1) is 26.4 Å². The molecular weight excluding hydrogens is 488 g/mol. The minimum Gasteiger partial charge on any atom is -0.465 e. The van der Waals surface area contributed by atoms with Gasteiger partial charge in [-0.1, -0.05) is 47.4 Å². The Labute approximate surface area is 224 Å². The lowest BCUT2D eigenvalue weighted by molar-refractivity contribution is -0.173. The highest BCUT2D eigenvalue weighted by molar-refractivity contribution is 6.01. The van der Waals surface area contributed by atoms with Crippen LogP contribution in [-0.4, -0.2) is 50.3 Å². The van der Waals surface area contributed by atoms with Crippen LogP contribution in [0.5, 0.6) is 0 Å². The maximum Gasteiger partial charge on any atom is 0.325 e. The van der Waals surface area contributed by atoms with Crippen molar-refractivity contribution in [1.82, 2.24) is 0 Å². The van der Waals surface area contributed by atoms with Crippen LogP contribution in [0.15, 0.2) is 24.3 Å². The van der Waals surface area contributed by atoms with Gasteiger partial charge in [0, 0.05) is 25.7 Å². The van der Waals surface area contributed by atoms with E-state index in [1.807, 2.05) is 0 Å². The van der Waals surface area contributed by atoms with Crippen LogP contribution in [0.1, 0.15) is 53.4 Å². The number of allylic oxidation sites excluding steroid dienone is 4. The standard InChI is InChI=1S/C30H32O8/c1-5-35-25(31)29(26(32)36-6-2)21-17-13-9-11-15-19-23-30(27(33)37-7-3,28(34)38-8-4)24-20-16-12-10-14-18-22-29/h9-12H,5-8,21-24H2,1-4H3/b11-9+,12-10+. The molecule has 0 bridgehead atoms. The summed E-state index contributed by atoms with van der Waals surface area (Å²) in [5.74, 6) is 19.0. The minimum atomic E-state index is -1.71. The number of hydrogen-bond donors (Lipinski definition) is 0. The molecule has 0 N–H and O–H groups in total. The summed E-state index contributed by atoms with van der Waals surface area (Å²) in [4.78, 5) is 51.2. The van der Waals surface area contributed by atoms with Crippen molar-refractivity contribution >= 4 is 23.9 Å². The summed E-state index contributed by atoms with van der Waals surface area (Å²) in [6.07, 6.45) is 4.93. The Balaban J connectivity index is 3.50. The molecule has 0 saturated carbocycles. The van der Waals surface area contributed by atoms with Gasteiger partial charge in [-0.3, -0.25) is 19.2 Å². The first-order valence-electron chi connectivity index (χ1n) is 12.3. The number of ether oxygens (including phenoxy) is 4. The summed E-state index contributed by atoms with van der Waals surface area (Å²) >= 11 is 0. The van der Waals surface area contributed by atoms with Gasteiger partial charge in [-0.2, -0.15) is 0 Å². The molecule has 0 aromatic rings. The number of rotatable bonds is 8. The molecule has 0 aliphatic heterocycles. The normalized spacial score (nSPS) is 17.2. The number of hydrogen-bond acceptors (Lipinski definition) is 8. The summed E-state index contributed by atoms with van der Waals surface area (Å²) < 4.78 is 20.6. The second-order valence-electron chi connectivity index (χ2n) is 7.70. The van der Waals surface area contributed by atoms with Gasteiger partial charge >= 0.3 is 23.9 Å². The molecule has 0 heterocycles. The van der Waals surface area contributed by atoms with Crippen molar-refractivity contribution in [3.8, 4) is 47.4 Å². The van der Waals surface area contributed by atoms with Gasteiger partial charge in [0.2, 0.25) is 0 Å². The van der Waals surface area contributed by atoms with Crippen molar-refractivity contribution in [1.29, 1.82) is 0 Å². The van der Waals surface area contributed by atoms with Gasteiger partial charge < -0.3 is 18.9 Å². The van der Waals surface area contributed by atoms with Crippen LogP contribution in [0.25, 0.3) is 0 Å². The summed E-state index contributed by atoms with van der Waals surface area (Å²) in [6, 6.07) is 0. The maximum absolute atomic E-state index is 12.8. The van der Waals surface area contributed by atoms with Crippen LogP contribution in [-0.2, 0) is 38.1 Å². The summed E-state index contributed by atoms with van der Waals surface area (Å²) in [6.45, 7) is 6.84. The van der Waals surface area contributed by atoms with E-state index in [9.17, 15) is 19.2 Å². The van der Waals surface area contributed by atoms with Crippen LogP contribution < -0.4 is 0 Å². The molecule has 1 aliphatic carbocycles. The van der Waals surface area contributed by atoms with Gasteiger partial charge in [-0.25, -0.2) is 0 Å². The van der Waals surface area contributed by atoms with Crippen molar-refractivity contribution in [2.24, 2.45) is 10.8 Å². The van der Waals surface area contributed by atoms with E-state index in [4.69, 9.17) is 18.9 Å². The van der Waals surface area contributed by atoms with Crippen LogP contribution in [0, 0.1) is 58.2 Å². The molecule has 0 radical (unpaired) electrons. The zero-order valence-electron chi connectivity index (χ0n) is 22.2. The fourth-order valence-electron chi connectivity index (χ4n) is 3.16. The van der Waals surface area contributed by atoms with Gasteiger partial charge in [-0.15, -0.1) is 0 Å². The van der Waals surface area contributed by atoms with E-state index in [-0.39, 0.29) is 52.1 Å². The van der Waals surface area contributed by atoms with Crippen molar-refractivity contribution in [3.63, 3.8) is 0 Å². The van der Waals surface area contributed by atoms with E-state index in [0.717, 1.165) is 0 Å². The van der Waals surface area contributed by atoms with E-state index in [2.05, 4.69) is 47.4 Å². The predicted molar refractivity (Wildman–Crippen MR) is 139 cm³/mol. The van der Waals surface area contributed by atoms with Crippen LogP contribution in [0.4, 0.5) is 0 Å². The second-order valence-corrected chi connectivity index (χ2v) is 7.70. The first kappa shape index (κ1) is 31.6. The highest BCUT2D eigenvalue weighted by Gasteiger charge is 2.49. The highest BCUT2D eigenvalue weighted by Crippen LogP contribution is 2.31. The lowest BCUT2D eigenvalue weighted by Gasteiger charge is -2.25. The molecular formula is C30H32O8. The molecule has 8 heteroatoms. The van der Waals surface area contributed by atoms with Crippen molar-refractivity contribution in [3.05, 3.63) is 24.3 Å². The second kappa shape index (κ2) is 17.1. The van der Waals surface area contributed by atoms with E-state index in [1.165, 1.54) is 24.3 Å². The molecule has 0 aromatic carbocycles. The molecule has 1 aliphatic rings. The molecule has 8 nitrogen and oxygen atoms in total. The van der Waals surface area contributed by atoms with Crippen LogP contribution in [0.2, 0.25) is 0 Å². The van der Waals surface area contributed by atoms with E-state index < -0.39 is 34.7 Å². The third-order valence-electron chi connectivity index (χ3n) is 5.13. The van der Waals surface area contributed by atoms with Crippen molar-refractivity contribution in [2.75, 3.05) is 26.4 Å². The van der Waals surface area contributed by atoms with Gasteiger partial charge in [0.25, 0.3) is 0 Å². The smallest absolute Gasteiger partial charge is 0.325 e. The summed E-state index contributed by atoms with van der Waals surface area (Å²) in [7, 11) is 0. The van der Waals surface area contributed by atoms with Crippen molar-refractivity contribution in [2.45, 2.75) is 53.4 Å². The third-order valence-corrected chi connectivity index (χ3v) is 5.13. The topological polar surface area (TPSA) is 105 Å². The minimum absolute atomic E-state index is 0.0743. The Morgan fingerprint density at radius 3 is 0.895 bits per heavy atom. The average molecular weight is 521 g/mol. The van der Waals surface area contributed by atoms with Crippen molar-refractivity contribution < 1.29 is 38.1 Å². The quantitative estimate of drug-likeness (QED) is 0.208. The molecule has 38 heavy (non-hydrogen) atoms. The predicted octanol–water partition coefficient (Wildman–Crippen LogP) is 2.91. The van der Waals surface area contributed by atoms with Gasteiger partial charge in [-0.05, 0) is 52.0 Å². The zero-order chi connectivity index (χ0) is 28.3. The number of carbonyl (C=O) groups is 4. The monoisotopic (exact) mass is 520 g/mol. The molecule has 0 unspecified atom stereocenters. The Hall–Kier alpha value is -4.40. The Morgan fingerprint density at radius 2 is 0.711 bits per heavy atom. The summed E-state index contributed by atoms with van der Waals surface area (Å²) in [5, 5.41) is 0. The fourth-order valence-corrected chi connectivity index (χ4v) is 3.16. The van der Waals surface area contributed by atoms with Crippen LogP contribution >= 0.6 is 0 Å². The number of esters is 4. The summed E-state index contributed by atoms with van der Waals surface area (Å²) in [5.41, 5.74) is -3.43. The molecule has 0 amide bonds. The molecule has 1 rings (SSSR count). The Kier molecular flexibility index (Phi) is 14.3. The lowest BCUT2D eigenvalue weighted by Crippen LogP contribution is -2.41. The molecule has 0 fully saturated rings. The maximum atomic E-state index is 12.8. The van der Waals surface area contributed by atoms with E-state index in [1.54, 1.807) is 27.7 Å². The SMILES string of the molecule is CCOC(=O)C1(C(=O)OCC)CC#C/C=C/C#CCC(C(=O)OCC)(C(=O)OCC)CC#C/C=C/C#CC1. The third kappa shape index (κ3) is 8.92. The average Bonchev–Trinajstić information content (AvgIpc) is 2.89. The zero-order valence-corrected chi connectivity index (χ0v) is 22.2. The Bertz CT molecular complexity index is 989. The Morgan fingerprint density at radius 1 is 0.500 bits per heavy atom. The first-order chi connectivity index (χ1) is 18.3.